The second kappa shape index (κ2) is 5.53. The van der Waals surface area contributed by atoms with Crippen molar-refractivity contribution in [1.82, 2.24) is 9.78 Å². The maximum absolute atomic E-state index is 11.8. The number of carbonyl (C=O) groups excluding carboxylic acids is 1. The second-order valence-electron chi connectivity index (χ2n) is 4.36. The smallest absolute Gasteiger partial charge is 0.356 e. The fourth-order valence-corrected chi connectivity index (χ4v) is 1.41. The molecule has 1 aromatic heterocycles. The van der Waals surface area contributed by atoms with E-state index < -0.39 is 0 Å². The Morgan fingerprint density at radius 3 is 2.71 bits per heavy atom. The second-order valence-corrected chi connectivity index (χ2v) is 4.36. The summed E-state index contributed by atoms with van der Waals surface area (Å²) in [4.78, 5) is 11.8. The van der Waals surface area contributed by atoms with Crippen LogP contribution in [0.4, 0.5) is 0 Å². The van der Waals surface area contributed by atoms with E-state index in [0.717, 1.165) is 5.69 Å². The molecule has 17 heavy (non-hydrogen) atoms. The molecule has 0 amide bonds. The zero-order valence-electron chi connectivity index (χ0n) is 10.7. The summed E-state index contributed by atoms with van der Waals surface area (Å²) in [7, 11) is 1.73. The van der Waals surface area contributed by atoms with E-state index in [-0.39, 0.29) is 18.0 Å². The predicted molar refractivity (Wildman–Crippen MR) is 65.6 cm³/mol. The lowest BCUT2D eigenvalue weighted by molar-refractivity contribution is 0.0339. The third kappa shape index (κ3) is 3.35. The first-order valence-electron chi connectivity index (χ1n) is 5.64. The number of hydrogen-bond donors (Lipinski definition) is 0. The Kier molecular flexibility index (Phi) is 4.33. The molecule has 0 spiro atoms. The molecule has 1 aromatic rings. The number of aromatic nitrogens is 2. The van der Waals surface area contributed by atoms with Gasteiger partial charge >= 0.3 is 5.97 Å². The van der Waals surface area contributed by atoms with Crippen LogP contribution in [0.3, 0.4) is 0 Å². The highest BCUT2D eigenvalue weighted by atomic mass is 16.5. The largest absolute Gasteiger partial charge is 0.457 e. The van der Waals surface area contributed by atoms with E-state index in [4.69, 9.17) is 11.2 Å². The van der Waals surface area contributed by atoms with Crippen LogP contribution in [0.15, 0.2) is 6.07 Å². The van der Waals surface area contributed by atoms with E-state index in [0.29, 0.717) is 12.1 Å². The Hall–Kier alpha value is -1.76. The van der Waals surface area contributed by atoms with Gasteiger partial charge in [0.1, 0.15) is 11.8 Å². The van der Waals surface area contributed by atoms with E-state index in [9.17, 15) is 4.79 Å². The molecule has 0 N–H and O–H groups in total. The molecule has 0 saturated heterocycles. The van der Waals surface area contributed by atoms with Crippen LogP contribution in [0.25, 0.3) is 0 Å². The van der Waals surface area contributed by atoms with Gasteiger partial charge in [-0.05, 0) is 18.9 Å². The average Bonchev–Trinajstić information content (AvgIpc) is 2.60. The summed E-state index contributed by atoms with van der Waals surface area (Å²) in [5, 5.41) is 4.26. The summed E-state index contributed by atoms with van der Waals surface area (Å²) in [6, 6.07) is 1.76. The van der Waals surface area contributed by atoms with Gasteiger partial charge in [0.2, 0.25) is 0 Å². The summed E-state index contributed by atoms with van der Waals surface area (Å²) < 4.78 is 6.75. The van der Waals surface area contributed by atoms with E-state index >= 15 is 0 Å². The molecular weight excluding hydrogens is 216 g/mol. The predicted octanol–water partition coefficient (Wildman–Crippen LogP) is 2.11. The zero-order chi connectivity index (χ0) is 13.0. The lowest BCUT2D eigenvalue weighted by atomic mass is 10.1. The number of terminal acetylenes is 1. The molecule has 0 unspecified atom stereocenters. The lowest BCUT2D eigenvalue weighted by Crippen LogP contribution is -2.17. The quantitative estimate of drug-likeness (QED) is 0.592. The van der Waals surface area contributed by atoms with E-state index in [1.54, 1.807) is 24.7 Å². The summed E-state index contributed by atoms with van der Waals surface area (Å²) in [6.45, 7) is 5.83. The van der Waals surface area contributed by atoms with Gasteiger partial charge in [0.15, 0.2) is 0 Å². The SMILES string of the molecule is C#CC[C@H](C)OC(=O)c1cc(C(C)C)nn1C. The number of rotatable bonds is 4. The van der Waals surface area contributed by atoms with Gasteiger partial charge in [-0.15, -0.1) is 12.3 Å². The first-order chi connectivity index (χ1) is 7.95. The van der Waals surface area contributed by atoms with E-state index in [1.807, 2.05) is 13.8 Å². The minimum absolute atomic E-state index is 0.273. The highest BCUT2D eigenvalue weighted by Crippen LogP contribution is 2.15. The van der Waals surface area contributed by atoms with Crippen molar-refractivity contribution in [2.24, 2.45) is 7.05 Å². The number of nitrogens with zero attached hydrogens (tertiary/aromatic N) is 2. The van der Waals surface area contributed by atoms with Gasteiger partial charge in [0.05, 0.1) is 5.69 Å². The molecule has 0 aromatic carbocycles. The molecule has 0 saturated carbocycles. The molecule has 0 aliphatic heterocycles. The first-order valence-corrected chi connectivity index (χ1v) is 5.64. The zero-order valence-corrected chi connectivity index (χ0v) is 10.7. The summed E-state index contributed by atoms with van der Waals surface area (Å²) in [5.74, 6) is 2.37. The van der Waals surface area contributed by atoms with Crippen molar-refractivity contribution in [1.29, 1.82) is 0 Å². The molecule has 4 nitrogen and oxygen atoms in total. The molecule has 1 rings (SSSR count). The van der Waals surface area contributed by atoms with Crippen LogP contribution in [0.1, 0.15) is 49.3 Å². The monoisotopic (exact) mass is 234 g/mol. The molecular formula is C13H18N2O2. The number of hydrogen-bond acceptors (Lipinski definition) is 3. The highest BCUT2D eigenvalue weighted by Gasteiger charge is 2.18. The average molecular weight is 234 g/mol. The van der Waals surface area contributed by atoms with Crippen LogP contribution < -0.4 is 0 Å². The van der Waals surface area contributed by atoms with Gasteiger partial charge in [0, 0.05) is 13.5 Å². The lowest BCUT2D eigenvalue weighted by Gasteiger charge is -2.09. The Bertz CT molecular complexity index is 441. The van der Waals surface area contributed by atoms with Crippen molar-refractivity contribution in [3.8, 4) is 12.3 Å². The molecule has 4 heteroatoms. The molecule has 1 heterocycles. The maximum atomic E-state index is 11.8. The van der Waals surface area contributed by atoms with Crippen molar-refractivity contribution in [3.05, 3.63) is 17.5 Å². The van der Waals surface area contributed by atoms with Crippen LogP contribution in [0.2, 0.25) is 0 Å². The fraction of sp³-hybridized carbons (Fsp3) is 0.538. The minimum atomic E-state index is -0.380. The summed E-state index contributed by atoms with van der Waals surface area (Å²) >= 11 is 0. The van der Waals surface area contributed by atoms with Gasteiger partial charge in [-0.1, -0.05) is 13.8 Å². The van der Waals surface area contributed by atoms with Gasteiger partial charge in [0.25, 0.3) is 0 Å². The van der Waals surface area contributed by atoms with E-state index in [1.165, 1.54) is 0 Å². The van der Waals surface area contributed by atoms with Gasteiger partial charge < -0.3 is 4.74 Å². The summed E-state index contributed by atoms with van der Waals surface area (Å²) in [5.41, 5.74) is 1.33. The fourth-order valence-electron chi connectivity index (χ4n) is 1.41. The Labute approximate surface area is 102 Å². The van der Waals surface area contributed by atoms with Crippen molar-refractivity contribution in [2.45, 2.75) is 39.2 Å². The number of carbonyl (C=O) groups is 1. The molecule has 0 fully saturated rings. The third-order valence-electron chi connectivity index (χ3n) is 2.41. The van der Waals surface area contributed by atoms with Crippen molar-refractivity contribution in [3.63, 3.8) is 0 Å². The number of ether oxygens (including phenoxy) is 1. The molecule has 0 bridgehead atoms. The van der Waals surface area contributed by atoms with Crippen LogP contribution >= 0.6 is 0 Å². The standard InChI is InChI=1S/C13H18N2O2/c1-6-7-10(4)17-13(16)12-8-11(9(2)3)14-15(12)5/h1,8-10H,7H2,2-5H3/t10-/m0/s1. The highest BCUT2D eigenvalue weighted by molar-refractivity contribution is 5.87. The Balaban J connectivity index is 2.79. The minimum Gasteiger partial charge on any atom is -0.457 e. The number of aryl methyl sites for hydroxylation is 1. The number of esters is 1. The Morgan fingerprint density at radius 2 is 2.24 bits per heavy atom. The first kappa shape index (κ1) is 13.3. The van der Waals surface area contributed by atoms with Crippen molar-refractivity contribution in [2.75, 3.05) is 0 Å². The molecule has 0 radical (unpaired) electrons. The molecule has 92 valence electrons. The molecule has 0 aliphatic carbocycles. The van der Waals surface area contributed by atoms with Gasteiger partial charge in [-0.2, -0.15) is 5.10 Å². The van der Waals surface area contributed by atoms with Gasteiger partial charge in [-0.3, -0.25) is 4.68 Å². The third-order valence-corrected chi connectivity index (χ3v) is 2.41. The van der Waals surface area contributed by atoms with Crippen molar-refractivity contribution >= 4 is 5.97 Å². The van der Waals surface area contributed by atoms with Crippen molar-refractivity contribution < 1.29 is 9.53 Å². The van der Waals surface area contributed by atoms with Crippen LogP contribution in [0.5, 0.6) is 0 Å². The molecule has 1 atom stereocenters. The normalized spacial score (nSPS) is 12.2. The van der Waals surface area contributed by atoms with E-state index in [2.05, 4.69) is 11.0 Å². The topological polar surface area (TPSA) is 44.1 Å². The van der Waals surface area contributed by atoms with Gasteiger partial charge in [-0.25, -0.2) is 4.79 Å². The molecule has 0 aliphatic rings. The van der Waals surface area contributed by atoms with Crippen LogP contribution in [0, 0.1) is 12.3 Å². The maximum Gasteiger partial charge on any atom is 0.356 e. The van der Waals surface area contributed by atoms with Crippen LogP contribution in [-0.4, -0.2) is 21.9 Å². The summed E-state index contributed by atoms with van der Waals surface area (Å²) in [6.07, 6.45) is 5.30. The Morgan fingerprint density at radius 1 is 1.59 bits per heavy atom. The van der Waals surface area contributed by atoms with Crippen LogP contribution in [-0.2, 0) is 11.8 Å².